The van der Waals surface area contributed by atoms with Crippen LogP contribution in [0.25, 0.3) is 10.9 Å². The highest BCUT2D eigenvalue weighted by Gasteiger charge is 2.35. The first-order chi connectivity index (χ1) is 15.7. The van der Waals surface area contributed by atoms with Crippen LogP contribution in [0.3, 0.4) is 0 Å². The van der Waals surface area contributed by atoms with Crippen LogP contribution in [-0.4, -0.2) is 29.2 Å². The fraction of sp³-hybridized carbons (Fsp3) is 0.227. The number of methoxy groups -OCH3 is 1. The van der Waals surface area contributed by atoms with Crippen LogP contribution in [0.15, 0.2) is 42.6 Å². The first-order valence-electron chi connectivity index (χ1n) is 9.89. The molecule has 11 heteroatoms. The number of ether oxygens (including phenoxy) is 2. The van der Waals surface area contributed by atoms with Gasteiger partial charge in [-0.05, 0) is 55.4 Å². The smallest absolute Gasteiger partial charge is 0.420 e. The van der Waals surface area contributed by atoms with E-state index in [4.69, 9.17) is 27.4 Å². The summed E-state index contributed by atoms with van der Waals surface area (Å²) < 4.78 is 52.3. The summed E-state index contributed by atoms with van der Waals surface area (Å²) in [7, 11) is 1.37. The number of amides is 1. The van der Waals surface area contributed by atoms with Crippen molar-refractivity contribution in [3.8, 4) is 17.2 Å². The largest absolute Gasteiger partial charge is 0.496 e. The molecule has 2 aromatic carbocycles. The lowest BCUT2D eigenvalue weighted by atomic mass is 10.1. The number of carbonyl (C=O) groups excluding carboxylic acids is 1. The average molecular weight is 476 g/mol. The minimum atomic E-state index is -4.69. The molecule has 1 amide bonds. The van der Waals surface area contributed by atoms with Gasteiger partial charge in [0.05, 0.1) is 18.2 Å². The van der Waals surface area contributed by atoms with E-state index in [-0.39, 0.29) is 33.9 Å². The molecular weight excluding hydrogens is 457 g/mol. The molecule has 0 unspecified atom stereocenters. The number of hydrogen-bond donors (Lipinski definition) is 3. The van der Waals surface area contributed by atoms with Gasteiger partial charge in [0, 0.05) is 29.4 Å². The maximum absolute atomic E-state index is 13.8. The Hall–Kier alpha value is -3.60. The van der Waals surface area contributed by atoms with Crippen LogP contribution in [0.2, 0.25) is 0 Å². The zero-order valence-electron chi connectivity index (χ0n) is 17.3. The molecule has 4 rings (SSSR count). The summed E-state index contributed by atoms with van der Waals surface area (Å²) in [6.07, 6.45) is -1.35. The zero-order chi connectivity index (χ0) is 23.8. The molecule has 0 saturated heterocycles. The number of fused-ring (bicyclic) bond motifs is 1. The van der Waals surface area contributed by atoms with Crippen LogP contribution in [0.5, 0.6) is 17.2 Å². The number of thiocarbonyl (C=S) groups is 1. The van der Waals surface area contributed by atoms with Crippen LogP contribution in [0, 0.1) is 0 Å². The molecule has 7 nitrogen and oxygen atoms in total. The number of nitrogens with one attached hydrogen (secondary N) is 2. The lowest BCUT2D eigenvalue weighted by Gasteiger charge is -2.17. The van der Waals surface area contributed by atoms with Crippen molar-refractivity contribution >= 4 is 39.8 Å². The van der Waals surface area contributed by atoms with Crippen LogP contribution in [0.4, 0.5) is 18.9 Å². The monoisotopic (exact) mass is 476 g/mol. The Labute approximate surface area is 192 Å². The summed E-state index contributed by atoms with van der Waals surface area (Å²) in [5, 5.41) is 6.34. The number of aromatic nitrogens is 1. The lowest BCUT2D eigenvalue weighted by molar-refractivity contribution is -0.138. The molecule has 1 aliphatic rings. The minimum Gasteiger partial charge on any atom is -0.496 e. The van der Waals surface area contributed by atoms with Crippen LogP contribution >= 0.6 is 12.2 Å². The van der Waals surface area contributed by atoms with Crippen molar-refractivity contribution in [1.29, 1.82) is 0 Å². The van der Waals surface area contributed by atoms with Gasteiger partial charge >= 0.3 is 6.18 Å². The standard InChI is InChI=1S/C22H19F3N4O3S/c1-31-19-10-16-13(9-14(19)20(26)30)17(6-7-27-16)32-18-5-4-12(8-15(18)22(23,24)25)29-21(33)28-11-2-3-11/h4-11H,2-3H2,1H3,(H2,26,30)(H2,28,29,33). The molecule has 1 aromatic heterocycles. The molecule has 33 heavy (non-hydrogen) atoms. The van der Waals surface area contributed by atoms with Crippen LogP contribution in [-0.2, 0) is 6.18 Å². The summed E-state index contributed by atoms with van der Waals surface area (Å²) in [5.41, 5.74) is 5.00. The van der Waals surface area contributed by atoms with Crippen molar-refractivity contribution in [2.75, 3.05) is 12.4 Å². The molecule has 1 heterocycles. The molecule has 0 aliphatic heterocycles. The van der Waals surface area contributed by atoms with Crippen molar-refractivity contribution in [1.82, 2.24) is 10.3 Å². The van der Waals surface area contributed by atoms with E-state index in [0.717, 1.165) is 18.9 Å². The summed E-state index contributed by atoms with van der Waals surface area (Å²) >= 11 is 5.14. The van der Waals surface area contributed by atoms with E-state index in [0.29, 0.717) is 10.9 Å². The molecule has 1 saturated carbocycles. The molecular formula is C22H19F3N4O3S. The number of alkyl halides is 3. The Morgan fingerprint density at radius 3 is 2.55 bits per heavy atom. The predicted octanol–water partition coefficient (Wildman–Crippen LogP) is 4.60. The van der Waals surface area contributed by atoms with E-state index in [9.17, 15) is 18.0 Å². The third kappa shape index (κ3) is 5.08. The van der Waals surface area contributed by atoms with Crippen molar-refractivity contribution in [2.45, 2.75) is 25.1 Å². The number of pyridine rings is 1. The lowest BCUT2D eigenvalue weighted by Crippen LogP contribution is -2.30. The van der Waals surface area contributed by atoms with Crippen molar-refractivity contribution < 1.29 is 27.4 Å². The van der Waals surface area contributed by atoms with E-state index < -0.39 is 23.4 Å². The number of halogens is 3. The second-order valence-electron chi connectivity index (χ2n) is 7.43. The molecule has 0 atom stereocenters. The van der Waals surface area contributed by atoms with Gasteiger partial charge < -0.3 is 25.8 Å². The molecule has 172 valence electrons. The van der Waals surface area contributed by atoms with Crippen LogP contribution in [0.1, 0.15) is 28.8 Å². The van der Waals surface area contributed by atoms with Gasteiger partial charge in [0.15, 0.2) is 5.11 Å². The van der Waals surface area contributed by atoms with E-state index in [1.807, 2.05) is 0 Å². The van der Waals surface area contributed by atoms with E-state index in [1.165, 1.54) is 43.6 Å². The van der Waals surface area contributed by atoms with Gasteiger partial charge in [-0.15, -0.1) is 0 Å². The Morgan fingerprint density at radius 1 is 1.15 bits per heavy atom. The second-order valence-corrected chi connectivity index (χ2v) is 7.83. The fourth-order valence-corrected chi connectivity index (χ4v) is 3.50. The predicted molar refractivity (Wildman–Crippen MR) is 121 cm³/mol. The Kier molecular flexibility index (Phi) is 5.98. The van der Waals surface area contributed by atoms with Crippen molar-refractivity contribution in [3.05, 3.63) is 53.7 Å². The maximum atomic E-state index is 13.8. The number of nitrogens with two attached hydrogens (primary N) is 1. The Bertz CT molecular complexity index is 1250. The van der Waals surface area contributed by atoms with Gasteiger partial charge in [-0.3, -0.25) is 9.78 Å². The molecule has 1 fully saturated rings. The number of carbonyl (C=O) groups is 1. The third-order valence-electron chi connectivity index (χ3n) is 4.96. The SMILES string of the molecule is COc1cc2nccc(Oc3ccc(NC(=S)NC4CC4)cc3C(F)(F)F)c2cc1C(N)=O. The van der Waals surface area contributed by atoms with Gasteiger partial charge in [-0.25, -0.2) is 0 Å². The van der Waals surface area contributed by atoms with Crippen molar-refractivity contribution in [3.63, 3.8) is 0 Å². The van der Waals surface area contributed by atoms with E-state index in [1.54, 1.807) is 0 Å². The van der Waals surface area contributed by atoms with E-state index >= 15 is 0 Å². The third-order valence-corrected chi connectivity index (χ3v) is 5.18. The summed E-state index contributed by atoms with van der Waals surface area (Å²) in [4.78, 5) is 16.0. The topological polar surface area (TPSA) is 98.5 Å². The number of rotatable bonds is 6. The number of primary amides is 1. The summed E-state index contributed by atoms with van der Waals surface area (Å²) in [6.45, 7) is 0. The van der Waals surface area contributed by atoms with Gasteiger partial charge in [0.1, 0.15) is 22.8 Å². The van der Waals surface area contributed by atoms with Crippen molar-refractivity contribution in [2.24, 2.45) is 5.73 Å². The molecule has 0 bridgehead atoms. The number of anilines is 1. The highest BCUT2D eigenvalue weighted by atomic mass is 32.1. The van der Waals surface area contributed by atoms with Gasteiger partial charge in [0.25, 0.3) is 5.91 Å². The van der Waals surface area contributed by atoms with Gasteiger partial charge in [-0.2, -0.15) is 13.2 Å². The number of nitrogens with zero attached hydrogens (tertiary/aromatic N) is 1. The highest BCUT2D eigenvalue weighted by molar-refractivity contribution is 7.80. The van der Waals surface area contributed by atoms with E-state index in [2.05, 4.69) is 15.6 Å². The Balaban J connectivity index is 1.71. The molecule has 0 radical (unpaired) electrons. The summed E-state index contributed by atoms with van der Waals surface area (Å²) in [6, 6.07) is 8.08. The first kappa shape index (κ1) is 22.6. The zero-order valence-corrected chi connectivity index (χ0v) is 18.1. The highest BCUT2D eigenvalue weighted by Crippen LogP contribution is 2.41. The average Bonchev–Trinajstić information content (AvgIpc) is 3.57. The second kappa shape index (κ2) is 8.74. The normalized spacial score (nSPS) is 13.5. The first-order valence-corrected chi connectivity index (χ1v) is 10.3. The maximum Gasteiger partial charge on any atom is 0.420 e. The number of benzene rings is 2. The number of hydrogen-bond acceptors (Lipinski definition) is 5. The molecule has 1 aliphatic carbocycles. The Morgan fingerprint density at radius 2 is 1.91 bits per heavy atom. The molecule has 3 aromatic rings. The summed E-state index contributed by atoms with van der Waals surface area (Å²) in [5.74, 6) is -0.909. The fourth-order valence-electron chi connectivity index (χ4n) is 3.22. The minimum absolute atomic E-state index is 0.0510. The molecule has 4 N–H and O–H groups in total. The van der Waals surface area contributed by atoms with Gasteiger partial charge in [-0.1, -0.05) is 0 Å². The van der Waals surface area contributed by atoms with Crippen LogP contribution < -0.4 is 25.8 Å². The van der Waals surface area contributed by atoms with Gasteiger partial charge in [0.2, 0.25) is 0 Å². The molecule has 0 spiro atoms. The quantitative estimate of drug-likeness (QED) is 0.447.